The first kappa shape index (κ1) is 20.1. The number of rotatable bonds is 4. The van der Waals surface area contributed by atoms with Crippen molar-refractivity contribution in [3.8, 4) is 0 Å². The number of allylic oxidation sites excluding steroid dienone is 1. The van der Waals surface area contributed by atoms with E-state index < -0.39 is 41.3 Å². The third kappa shape index (κ3) is 4.13. The summed E-state index contributed by atoms with van der Waals surface area (Å²) in [6, 6.07) is 10.4. The minimum absolute atomic E-state index is 0.0402. The second-order valence-electron chi connectivity index (χ2n) is 6.13. The molecule has 0 aliphatic carbocycles. The maximum Gasteiger partial charge on any atom is 0.431 e. The molecule has 3 rings (SSSR count). The molecule has 1 unspecified atom stereocenters. The second kappa shape index (κ2) is 7.78. The van der Waals surface area contributed by atoms with Crippen molar-refractivity contribution in [1.29, 1.82) is 0 Å². The van der Waals surface area contributed by atoms with Crippen LogP contribution >= 0.6 is 0 Å². The molecule has 0 aromatic heterocycles. The van der Waals surface area contributed by atoms with Crippen LogP contribution < -0.4 is 10.6 Å². The predicted octanol–water partition coefficient (Wildman–Crippen LogP) is 3.53. The maximum atomic E-state index is 13.6. The van der Waals surface area contributed by atoms with Crippen LogP contribution in [0.15, 0.2) is 65.9 Å². The Hall–Kier alpha value is -3.62. The Morgan fingerprint density at radius 3 is 2.14 bits per heavy atom. The van der Waals surface area contributed by atoms with Crippen LogP contribution in [0.5, 0.6) is 0 Å². The largest absolute Gasteiger partial charge is 0.465 e. The molecule has 0 saturated carbocycles. The molecule has 2 amide bonds. The van der Waals surface area contributed by atoms with Crippen LogP contribution in [0.1, 0.15) is 32.3 Å². The molecule has 1 aliphatic rings. The molecule has 0 spiro atoms. The molecular formula is C20H15F3N2O4. The lowest BCUT2D eigenvalue weighted by Gasteiger charge is -2.30. The van der Waals surface area contributed by atoms with E-state index in [4.69, 9.17) is 0 Å². The Bertz CT molecular complexity index is 983. The topological polar surface area (TPSA) is 84.5 Å². The Balaban J connectivity index is 2.14. The molecule has 9 heteroatoms. The van der Waals surface area contributed by atoms with E-state index in [1.165, 1.54) is 55.6 Å². The molecule has 2 aromatic rings. The normalized spacial score (nSPS) is 16.7. The zero-order chi connectivity index (χ0) is 21.2. The Morgan fingerprint density at radius 2 is 1.59 bits per heavy atom. The zero-order valence-corrected chi connectivity index (χ0v) is 15.0. The molecule has 2 N–H and O–H groups in total. The Kier molecular flexibility index (Phi) is 5.40. The number of urea groups is 1. The number of carbonyl (C=O) groups excluding carboxylic acids is 3. The summed E-state index contributed by atoms with van der Waals surface area (Å²) in [6.07, 6.45) is -4.96. The van der Waals surface area contributed by atoms with Gasteiger partial charge in [0.15, 0.2) is 5.78 Å². The van der Waals surface area contributed by atoms with E-state index >= 15 is 0 Å². The summed E-state index contributed by atoms with van der Waals surface area (Å²) in [5, 5.41) is 4.06. The molecular weight excluding hydrogens is 389 g/mol. The predicted molar refractivity (Wildman–Crippen MR) is 96.0 cm³/mol. The van der Waals surface area contributed by atoms with Gasteiger partial charge in [-0.05, 0) is 17.7 Å². The van der Waals surface area contributed by atoms with Crippen LogP contribution in [0.25, 0.3) is 0 Å². The van der Waals surface area contributed by atoms with E-state index in [2.05, 4.69) is 10.1 Å². The van der Waals surface area contributed by atoms with Gasteiger partial charge in [-0.1, -0.05) is 42.5 Å². The summed E-state index contributed by atoms with van der Waals surface area (Å²) in [6.45, 7) is 0. The molecule has 0 fully saturated rings. The van der Waals surface area contributed by atoms with E-state index in [1.807, 2.05) is 0 Å². The fraction of sp³-hybridized carbons (Fsp3) is 0.150. The van der Waals surface area contributed by atoms with E-state index in [0.717, 1.165) is 0 Å². The SMILES string of the molecule is COC(=O)c1ccc(C2NC(=O)NC(C(F)(F)F)=C2C(=O)c2ccccc2)cc1. The number of Topliss-reactive ketones (excluding diaryl/α,β-unsaturated/α-hetero) is 1. The number of hydrogen-bond donors (Lipinski definition) is 2. The zero-order valence-electron chi connectivity index (χ0n) is 15.0. The van der Waals surface area contributed by atoms with Crippen LogP contribution in [-0.4, -0.2) is 31.1 Å². The highest BCUT2D eigenvalue weighted by molar-refractivity contribution is 6.11. The lowest BCUT2D eigenvalue weighted by Crippen LogP contribution is -2.49. The summed E-state index contributed by atoms with van der Waals surface area (Å²) >= 11 is 0. The average molecular weight is 404 g/mol. The standard InChI is InChI=1S/C20H15F3N2O4/c1-29-18(27)13-9-7-11(8-10-13)15-14(16(26)12-5-3-2-4-6-12)17(20(21,22)23)25-19(28)24-15/h2-10,15H,1H3,(H2,24,25,28). The Labute approximate surface area is 163 Å². The summed E-state index contributed by atoms with van der Waals surface area (Å²) in [5.41, 5.74) is -1.65. The minimum atomic E-state index is -4.96. The van der Waals surface area contributed by atoms with Crippen molar-refractivity contribution in [2.45, 2.75) is 12.2 Å². The van der Waals surface area contributed by atoms with Crippen molar-refractivity contribution in [1.82, 2.24) is 10.6 Å². The first-order chi connectivity index (χ1) is 13.7. The monoisotopic (exact) mass is 404 g/mol. The van der Waals surface area contributed by atoms with Crippen molar-refractivity contribution in [3.05, 3.63) is 82.6 Å². The molecule has 6 nitrogen and oxygen atoms in total. The summed E-state index contributed by atoms with van der Waals surface area (Å²) in [4.78, 5) is 36.4. The van der Waals surface area contributed by atoms with E-state index in [0.29, 0.717) is 0 Å². The number of alkyl halides is 3. The number of esters is 1. The summed E-state index contributed by atoms with van der Waals surface area (Å²) in [7, 11) is 1.19. The van der Waals surface area contributed by atoms with Crippen molar-refractivity contribution in [2.24, 2.45) is 0 Å². The number of ketones is 1. The molecule has 29 heavy (non-hydrogen) atoms. The number of methoxy groups -OCH3 is 1. The lowest BCUT2D eigenvalue weighted by molar-refractivity contribution is -0.0972. The van der Waals surface area contributed by atoms with Gasteiger partial charge >= 0.3 is 18.2 Å². The van der Waals surface area contributed by atoms with Gasteiger partial charge in [0.2, 0.25) is 0 Å². The van der Waals surface area contributed by atoms with Crippen LogP contribution in [0, 0.1) is 0 Å². The second-order valence-corrected chi connectivity index (χ2v) is 6.13. The van der Waals surface area contributed by atoms with Gasteiger partial charge in [-0.3, -0.25) is 4.79 Å². The first-order valence-corrected chi connectivity index (χ1v) is 8.39. The van der Waals surface area contributed by atoms with Crippen LogP contribution in [-0.2, 0) is 4.74 Å². The van der Waals surface area contributed by atoms with Gasteiger partial charge in [0.1, 0.15) is 5.70 Å². The van der Waals surface area contributed by atoms with Crippen molar-refractivity contribution in [3.63, 3.8) is 0 Å². The van der Waals surface area contributed by atoms with E-state index in [9.17, 15) is 27.6 Å². The highest BCUT2D eigenvalue weighted by atomic mass is 19.4. The van der Waals surface area contributed by atoms with Crippen LogP contribution in [0.2, 0.25) is 0 Å². The fourth-order valence-electron chi connectivity index (χ4n) is 2.96. The number of ether oxygens (including phenoxy) is 1. The first-order valence-electron chi connectivity index (χ1n) is 8.39. The van der Waals surface area contributed by atoms with Gasteiger partial charge in [-0.2, -0.15) is 13.2 Å². The average Bonchev–Trinajstić information content (AvgIpc) is 2.72. The third-order valence-electron chi connectivity index (χ3n) is 4.30. The number of benzene rings is 2. The smallest absolute Gasteiger partial charge is 0.431 e. The number of nitrogens with one attached hydrogen (secondary N) is 2. The van der Waals surface area contributed by atoms with E-state index in [1.54, 1.807) is 11.4 Å². The third-order valence-corrected chi connectivity index (χ3v) is 4.30. The maximum absolute atomic E-state index is 13.6. The molecule has 150 valence electrons. The number of amides is 2. The van der Waals surface area contributed by atoms with Gasteiger partial charge in [-0.25, -0.2) is 9.59 Å². The minimum Gasteiger partial charge on any atom is -0.465 e. The molecule has 2 aromatic carbocycles. The quantitative estimate of drug-likeness (QED) is 0.603. The molecule has 1 heterocycles. The van der Waals surface area contributed by atoms with Crippen molar-refractivity contribution in [2.75, 3.05) is 7.11 Å². The Morgan fingerprint density at radius 1 is 0.966 bits per heavy atom. The fourth-order valence-corrected chi connectivity index (χ4v) is 2.96. The van der Waals surface area contributed by atoms with Crippen molar-refractivity contribution < 1.29 is 32.3 Å². The van der Waals surface area contributed by atoms with Gasteiger partial charge in [0.05, 0.1) is 24.3 Å². The molecule has 1 aliphatic heterocycles. The highest BCUT2D eigenvalue weighted by Crippen LogP contribution is 2.36. The van der Waals surface area contributed by atoms with Gasteiger partial charge in [0.25, 0.3) is 0 Å². The highest BCUT2D eigenvalue weighted by Gasteiger charge is 2.45. The number of carbonyl (C=O) groups is 3. The summed E-state index contributed by atoms with van der Waals surface area (Å²) in [5.74, 6) is -1.51. The number of halogens is 3. The molecule has 0 saturated heterocycles. The van der Waals surface area contributed by atoms with Crippen LogP contribution in [0.4, 0.5) is 18.0 Å². The van der Waals surface area contributed by atoms with Crippen molar-refractivity contribution >= 4 is 17.8 Å². The molecule has 0 bridgehead atoms. The van der Waals surface area contributed by atoms with E-state index in [-0.39, 0.29) is 16.7 Å². The lowest BCUT2D eigenvalue weighted by atomic mass is 9.89. The summed E-state index contributed by atoms with van der Waals surface area (Å²) < 4.78 is 45.5. The number of hydrogen-bond acceptors (Lipinski definition) is 4. The molecule has 0 radical (unpaired) electrons. The van der Waals surface area contributed by atoms with Gasteiger partial charge in [-0.15, -0.1) is 0 Å². The van der Waals surface area contributed by atoms with Gasteiger partial charge < -0.3 is 15.4 Å². The van der Waals surface area contributed by atoms with Gasteiger partial charge in [0, 0.05) is 5.56 Å². The molecule has 1 atom stereocenters. The van der Waals surface area contributed by atoms with Crippen LogP contribution in [0.3, 0.4) is 0 Å².